The van der Waals surface area contributed by atoms with E-state index in [0.29, 0.717) is 10.6 Å². The first-order chi connectivity index (χ1) is 9.27. The summed E-state index contributed by atoms with van der Waals surface area (Å²) in [7, 11) is 0. The zero-order chi connectivity index (χ0) is 14.9. The molecule has 1 aromatic carbocycles. The van der Waals surface area contributed by atoms with Crippen molar-refractivity contribution in [1.29, 1.82) is 0 Å². The van der Waals surface area contributed by atoms with Gasteiger partial charge in [-0.1, -0.05) is 6.07 Å². The lowest BCUT2D eigenvalue weighted by atomic mass is 10.2. The molecule has 1 aromatic heterocycles. The predicted molar refractivity (Wildman–Crippen MR) is 71.0 cm³/mol. The van der Waals surface area contributed by atoms with E-state index >= 15 is 0 Å². The van der Waals surface area contributed by atoms with E-state index in [1.165, 1.54) is 23.5 Å². The van der Waals surface area contributed by atoms with E-state index in [1.807, 2.05) is 0 Å². The number of alkyl halides is 3. The highest BCUT2D eigenvalue weighted by molar-refractivity contribution is 7.13. The van der Waals surface area contributed by atoms with Crippen LogP contribution < -0.4 is 5.32 Å². The summed E-state index contributed by atoms with van der Waals surface area (Å²) in [6.07, 6.45) is -4.43. The zero-order valence-electron chi connectivity index (χ0n) is 10.7. The summed E-state index contributed by atoms with van der Waals surface area (Å²) in [6, 6.07) is 4.53. The maximum Gasteiger partial charge on any atom is 0.416 e. The number of nitrogens with zero attached hydrogens (tertiary/aromatic N) is 1. The molecular formula is C13H11F3N2OS. The maximum atomic E-state index is 12.6. The van der Waals surface area contributed by atoms with Gasteiger partial charge in [-0.3, -0.25) is 4.79 Å². The van der Waals surface area contributed by atoms with Crippen LogP contribution in [0.2, 0.25) is 0 Å². The molecule has 0 bridgehead atoms. The van der Waals surface area contributed by atoms with Gasteiger partial charge in [0.2, 0.25) is 0 Å². The highest BCUT2D eigenvalue weighted by Crippen LogP contribution is 2.31. The molecule has 0 aliphatic carbocycles. The molecule has 0 fully saturated rings. The summed E-state index contributed by atoms with van der Waals surface area (Å²) in [5, 5.41) is 3.19. The summed E-state index contributed by atoms with van der Waals surface area (Å²) in [5.74, 6) is -0.451. The predicted octanol–water partition coefficient (Wildman–Crippen LogP) is 4.03. The van der Waals surface area contributed by atoms with Gasteiger partial charge in [0.05, 0.1) is 16.3 Å². The van der Waals surface area contributed by atoms with Gasteiger partial charge in [-0.2, -0.15) is 13.2 Å². The van der Waals surface area contributed by atoms with Crippen LogP contribution in [0.4, 0.5) is 18.9 Å². The van der Waals surface area contributed by atoms with Gasteiger partial charge in [-0.25, -0.2) is 4.98 Å². The number of hydrogen-bond acceptors (Lipinski definition) is 3. The van der Waals surface area contributed by atoms with Gasteiger partial charge in [-0.15, -0.1) is 11.3 Å². The van der Waals surface area contributed by atoms with E-state index in [4.69, 9.17) is 0 Å². The molecule has 106 valence electrons. The van der Waals surface area contributed by atoms with Crippen LogP contribution in [-0.4, -0.2) is 10.9 Å². The largest absolute Gasteiger partial charge is 0.416 e. The van der Waals surface area contributed by atoms with E-state index in [1.54, 1.807) is 13.8 Å². The molecule has 1 heterocycles. The Morgan fingerprint density at radius 3 is 2.55 bits per heavy atom. The summed E-state index contributed by atoms with van der Waals surface area (Å²) < 4.78 is 37.7. The molecule has 0 atom stereocenters. The Balaban J connectivity index is 2.22. The number of nitrogens with one attached hydrogen (secondary N) is 1. The SMILES string of the molecule is Cc1nc(C)c(C(=O)Nc2cccc(C(F)(F)F)c2)s1. The topological polar surface area (TPSA) is 42.0 Å². The molecule has 3 nitrogen and oxygen atoms in total. The average molecular weight is 300 g/mol. The van der Waals surface area contributed by atoms with Gasteiger partial charge in [0.1, 0.15) is 4.88 Å². The summed E-state index contributed by atoms with van der Waals surface area (Å²) in [5.41, 5.74) is -0.125. The van der Waals surface area contributed by atoms with Crippen LogP contribution in [0.5, 0.6) is 0 Å². The minimum atomic E-state index is -4.43. The second-order valence-corrected chi connectivity index (χ2v) is 5.38. The van der Waals surface area contributed by atoms with E-state index in [-0.39, 0.29) is 5.69 Å². The molecule has 1 amide bonds. The van der Waals surface area contributed by atoms with Crippen LogP contribution in [0.25, 0.3) is 0 Å². The lowest BCUT2D eigenvalue weighted by Crippen LogP contribution is -2.13. The van der Waals surface area contributed by atoms with Gasteiger partial charge in [-0.05, 0) is 32.0 Å². The second kappa shape index (κ2) is 5.24. The number of benzene rings is 1. The molecule has 0 aliphatic heterocycles. The summed E-state index contributed by atoms with van der Waals surface area (Å²) in [4.78, 5) is 16.5. The lowest BCUT2D eigenvalue weighted by molar-refractivity contribution is -0.137. The van der Waals surface area contributed by atoms with Gasteiger partial charge in [0.15, 0.2) is 0 Å². The number of rotatable bonds is 2. The standard InChI is InChI=1S/C13H11F3N2OS/c1-7-11(20-8(2)17-7)12(19)18-10-5-3-4-9(6-10)13(14,15)16/h3-6H,1-2H3,(H,18,19). The van der Waals surface area contributed by atoms with Crippen molar-refractivity contribution in [2.45, 2.75) is 20.0 Å². The molecule has 1 N–H and O–H groups in total. The number of thiazole rings is 1. The van der Waals surface area contributed by atoms with E-state index in [2.05, 4.69) is 10.3 Å². The van der Waals surface area contributed by atoms with Crippen LogP contribution in [-0.2, 0) is 6.18 Å². The van der Waals surface area contributed by atoms with Gasteiger partial charge in [0, 0.05) is 5.69 Å². The number of anilines is 1. The van der Waals surface area contributed by atoms with E-state index in [9.17, 15) is 18.0 Å². The molecule has 0 saturated heterocycles. The minimum absolute atomic E-state index is 0.107. The third-order valence-corrected chi connectivity index (χ3v) is 3.63. The number of aromatic nitrogens is 1. The lowest BCUT2D eigenvalue weighted by Gasteiger charge is -2.09. The van der Waals surface area contributed by atoms with Crippen molar-refractivity contribution in [3.63, 3.8) is 0 Å². The van der Waals surface area contributed by atoms with Crippen molar-refractivity contribution in [3.05, 3.63) is 45.4 Å². The van der Waals surface area contributed by atoms with Crippen molar-refractivity contribution in [1.82, 2.24) is 4.98 Å². The third-order valence-electron chi connectivity index (χ3n) is 2.56. The molecule has 2 aromatic rings. The van der Waals surface area contributed by atoms with Crippen LogP contribution in [0.1, 0.15) is 25.9 Å². The number of aryl methyl sites for hydroxylation is 2. The Hall–Kier alpha value is -1.89. The number of amides is 1. The van der Waals surface area contributed by atoms with Crippen molar-refractivity contribution >= 4 is 22.9 Å². The number of carbonyl (C=O) groups is 1. The van der Waals surface area contributed by atoms with E-state index in [0.717, 1.165) is 17.1 Å². The molecule has 0 spiro atoms. The molecule has 0 aliphatic rings. The highest BCUT2D eigenvalue weighted by atomic mass is 32.1. The fourth-order valence-electron chi connectivity index (χ4n) is 1.70. The normalized spacial score (nSPS) is 11.4. The highest BCUT2D eigenvalue weighted by Gasteiger charge is 2.30. The minimum Gasteiger partial charge on any atom is -0.321 e. The molecule has 0 radical (unpaired) electrons. The fourth-order valence-corrected chi connectivity index (χ4v) is 2.52. The Morgan fingerprint density at radius 2 is 2.00 bits per heavy atom. The van der Waals surface area contributed by atoms with Crippen molar-refractivity contribution in [2.24, 2.45) is 0 Å². The second-order valence-electron chi connectivity index (χ2n) is 4.18. The third kappa shape index (κ3) is 3.16. The quantitative estimate of drug-likeness (QED) is 0.909. The van der Waals surface area contributed by atoms with Gasteiger partial charge >= 0.3 is 6.18 Å². The molecular weight excluding hydrogens is 289 g/mol. The van der Waals surface area contributed by atoms with Gasteiger partial charge in [0.25, 0.3) is 5.91 Å². The van der Waals surface area contributed by atoms with Crippen molar-refractivity contribution < 1.29 is 18.0 Å². The first-order valence-corrected chi connectivity index (χ1v) is 6.51. The summed E-state index contributed by atoms with van der Waals surface area (Å²) >= 11 is 1.21. The van der Waals surface area contributed by atoms with E-state index < -0.39 is 17.6 Å². The van der Waals surface area contributed by atoms with Crippen LogP contribution in [0, 0.1) is 13.8 Å². The number of carbonyl (C=O) groups excluding carboxylic acids is 1. The Kier molecular flexibility index (Phi) is 3.80. The Bertz CT molecular complexity index is 649. The number of halogens is 3. The van der Waals surface area contributed by atoms with Crippen LogP contribution >= 0.6 is 11.3 Å². The molecule has 20 heavy (non-hydrogen) atoms. The average Bonchev–Trinajstić information content (AvgIpc) is 2.68. The zero-order valence-corrected chi connectivity index (χ0v) is 11.5. The van der Waals surface area contributed by atoms with Gasteiger partial charge < -0.3 is 5.32 Å². The van der Waals surface area contributed by atoms with Crippen LogP contribution in [0.15, 0.2) is 24.3 Å². The maximum absolute atomic E-state index is 12.6. The Morgan fingerprint density at radius 1 is 1.30 bits per heavy atom. The molecule has 0 unspecified atom stereocenters. The first-order valence-electron chi connectivity index (χ1n) is 5.70. The van der Waals surface area contributed by atoms with Crippen LogP contribution in [0.3, 0.4) is 0 Å². The summed E-state index contributed by atoms with van der Waals surface area (Å²) in [6.45, 7) is 3.45. The number of hydrogen-bond donors (Lipinski definition) is 1. The fraction of sp³-hybridized carbons (Fsp3) is 0.231. The smallest absolute Gasteiger partial charge is 0.321 e. The van der Waals surface area contributed by atoms with Crippen molar-refractivity contribution in [2.75, 3.05) is 5.32 Å². The first kappa shape index (κ1) is 14.5. The Labute approximate surface area is 117 Å². The van der Waals surface area contributed by atoms with Crippen molar-refractivity contribution in [3.8, 4) is 0 Å². The molecule has 7 heteroatoms. The molecule has 0 saturated carbocycles. The monoisotopic (exact) mass is 300 g/mol. The molecule has 2 rings (SSSR count).